The summed E-state index contributed by atoms with van der Waals surface area (Å²) >= 11 is 0. The first kappa shape index (κ1) is 12.6. The molecule has 1 aromatic heterocycles. The molecule has 5 nitrogen and oxygen atoms in total. The lowest BCUT2D eigenvalue weighted by atomic mass is 10.1. The van der Waals surface area contributed by atoms with Crippen molar-refractivity contribution in [3.63, 3.8) is 0 Å². The number of hydrogen-bond donors (Lipinski definition) is 1. The fraction of sp³-hybridized carbons (Fsp3) is 0.375. The number of ether oxygens (including phenoxy) is 1. The summed E-state index contributed by atoms with van der Waals surface area (Å²) in [6, 6.07) is 9.34. The van der Waals surface area contributed by atoms with Crippen LogP contribution in [0.1, 0.15) is 23.2 Å². The van der Waals surface area contributed by atoms with Gasteiger partial charge < -0.3 is 14.7 Å². The SMILES string of the molecule is O=C(O)c1cc2ccccc2nc1N1CC2CCC(C1)O2. The van der Waals surface area contributed by atoms with Crippen LogP contribution in [-0.4, -0.2) is 41.4 Å². The maximum atomic E-state index is 11.6. The standard InChI is InChI=1S/C16H16N2O3/c19-16(20)13-7-10-3-1-2-4-14(10)17-15(13)18-8-11-5-6-12(9-18)21-11/h1-4,7,11-12H,5-6,8-9H2,(H,19,20). The largest absolute Gasteiger partial charge is 0.478 e. The molecule has 2 atom stereocenters. The summed E-state index contributed by atoms with van der Waals surface area (Å²) in [5.74, 6) is -0.358. The Morgan fingerprint density at radius 1 is 1.24 bits per heavy atom. The van der Waals surface area contributed by atoms with Gasteiger partial charge in [0.2, 0.25) is 0 Å². The van der Waals surface area contributed by atoms with Gasteiger partial charge in [-0.1, -0.05) is 18.2 Å². The summed E-state index contributed by atoms with van der Waals surface area (Å²) in [4.78, 5) is 18.3. The zero-order chi connectivity index (χ0) is 14.4. The Hall–Kier alpha value is -2.14. The second-order valence-corrected chi connectivity index (χ2v) is 5.72. The Bertz CT molecular complexity index is 704. The number of aromatic nitrogens is 1. The number of hydrogen-bond acceptors (Lipinski definition) is 4. The van der Waals surface area contributed by atoms with Crippen molar-refractivity contribution in [3.05, 3.63) is 35.9 Å². The van der Waals surface area contributed by atoms with Gasteiger partial charge in [-0.25, -0.2) is 9.78 Å². The Morgan fingerprint density at radius 3 is 2.67 bits per heavy atom. The van der Waals surface area contributed by atoms with Crippen molar-refractivity contribution in [2.45, 2.75) is 25.0 Å². The number of morpholine rings is 1. The van der Waals surface area contributed by atoms with E-state index in [0.29, 0.717) is 5.82 Å². The first-order chi connectivity index (χ1) is 10.2. The molecule has 21 heavy (non-hydrogen) atoms. The molecular weight excluding hydrogens is 268 g/mol. The molecule has 4 rings (SSSR count). The van der Waals surface area contributed by atoms with Gasteiger partial charge in [0.05, 0.1) is 17.7 Å². The molecule has 2 fully saturated rings. The minimum absolute atomic E-state index is 0.207. The second-order valence-electron chi connectivity index (χ2n) is 5.72. The third-order valence-electron chi connectivity index (χ3n) is 4.28. The second kappa shape index (κ2) is 4.70. The zero-order valence-corrected chi connectivity index (χ0v) is 11.5. The number of carbonyl (C=O) groups is 1. The fourth-order valence-electron chi connectivity index (χ4n) is 3.29. The van der Waals surface area contributed by atoms with E-state index in [1.54, 1.807) is 6.07 Å². The number of anilines is 1. The van der Waals surface area contributed by atoms with Crippen molar-refractivity contribution >= 4 is 22.7 Å². The maximum absolute atomic E-state index is 11.6. The quantitative estimate of drug-likeness (QED) is 0.916. The molecule has 1 N–H and O–H groups in total. The van der Waals surface area contributed by atoms with Crippen LogP contribution in [-0.2, 0) is 4.74 Å². The lowest BCUT2D eigenvalue weighted by molar-refractivity contribution is 0.0300. The topological polar surface area (TPSA) is 62.7 Å². The molecule has 0 aliphatic carbocycles. The minimum atomic E-state index is -0.929. The van der Waals surface area contributed by atoms with Crippen LogP contribution < -0.4 is 4.90 Å². The summed E-state index contributed by atoms with van der Waals surface area (Å²) < 4.78 is 5.82. The number of carboxylic acids is 1. The van der Waals surface area contributed by atoms with Crippen molar-refractivity contribution in [2.75, 3.05) is 18.0 Å². The number of benzene rings is 1. The van der Waals surface area contributed by atoms with E-state index in [-0.39, 0.29) is 17.8 Å². The predicted octanol–water partition coefficient (Wildman–Crippen LogP) is 2.30. The molecule has 0 radical (unpaired) electrons. The number of rotatable bonds is 2. The van der Waals surface area contributed by atoms with Crippen molar-refractivity contribution < 1.29 is 14.6 Å². The third-order valence-corrected chi connectivity index (χ3v) is 4.28. The highest BCUT2D eigenvalue weighted by molar-refractivity contribution is 5.98. The zero-order valence-electron chi connectivity index (χ0n) is 11.5. The highest BCUT2D eigenvalue weighted by atomic mass is 16.5. The average molecular weight is 284 g/mol. The van der Waals surface area contributed by atoms with Gasteiger partial charge in [-0.05, 0) is 25.0 Å². The van der Waals surface area contributed by atoms with Crippen molar-refractivity contribution in [1.29, 1.82) is 0 Å². The average Bonchev–Trinajstić information content (AvgIpc) is 2.84. The molecule has 3 heterocycles. The molecule has 0 amide bonds. The van der Waals surface area contributed by atoms with E-state index in [9.17, 15) is 9.90 Å². The number of carboxylic acid groups (broad SMARTS) is 1. The Kier molecular flexibility index (Phi) is 2.82. The summed E-state index contributed by atoms with van der Waals surface area (Å²) in [7, 11) is 0. The van der Waals surface area contributed by atoms with Crippen molar-refractivity contribution in [2.24, 2.45) is 0 Å². The van der Waals surface area contributed by atoms with E-state index in [2.05, 4.69) is 9.88 Å². The first-order valence-corrected chi connectivity index (χ1v) is 7.24. The summed E-state index contributed by atoms with van der Waals surface area (Å²) in [6.45, 7) is 1.45. The molecule has 0 saturated carbocycles. The highest BCUT2D eigenvalue weighted by Crippen LogP contribution is 2.31. The van der Waals surface area contributed by atoms with Crippen molar-refractivity contribution in [1.82, 2.24) is 4.98 Å². The molecule has 2 aliphatic rings. The normalized spacial score (nSPS) is 24.5. The Balaban J connectivity index is 1.82. The summed E-state index contributed by atoms with van der Waals surface area (Å²) in [5.41, 5.74) is 1.10. The molecule has 2 unspecified atom stereocenters. The van der Waals surface area contributed by atoms with E-state index in [4.69, 9.17) is 4.74 Å². The smallest absolute Gasteiger partial charge is 0.339 e. The van der Waals surface area contributed by atoms with E-state index in [1.165, 1.54) is 0 Å². The van der Waals surface area contributed by atoms with Gasteiger partial charge in [-0.3, -0.25) is 0 Å². The van der Waals surface area contributed by atoms with E-state index >= 15 is 0 Å². The van der Waals surface area contributed by atoms with Gasteiger partial charge in [-0.2, -0.15) is 0 Å². The molecular formula is C16H16N2O3. The van der Waals surface area contributed by atoms with Crippen LogP contribution >= 0.6 is 0 Å². The van der Waals surface area contributed by atoms with Crippen LogP contribution in [0.3, 0.4) is 0 Å². The summed E-state index contributed by atoms with van der Waals surface area (Å²) in [5, 5.41) is 10.4. The van der Waals surface area contributed by atoms with Gasteiger partial charge >= 0.3 is 5.97 Å². The summed E-state index contributed by atoms with van der Waals surface area (Å²) in [6.07, 6.45) is 2.52. The van der Waals surface area contributed by atoms with Crippen LogP contribution in [0.2, 0.25) is 0 Å². The van der Waals surface area contributed by atoms with E-state index in [1.807, 2.05) is 24.3 Å². The van der Waals surface area contributed by atoms with E-state index < -0.39 is 5.97 Å². The van der Waals surface area contributed by atoms with Gasteiger partial charge in [0.15, 0.2) is 0 Å². The first-order valence-electron chi connectivity index (χ1n) is 7.24. The van der Waals surface area contributed by atoms with E-state index in [0.717, 1.165) is 36.8 Å². The number of aromatic carboxylic acids is 1. The highest BCUT2D eigenvalue weighted by Gasteiger charge is 2.35. The number of para-hydroxylation sites is 1. The number of pyridine rings is 1. The molecule has 1 aromatic carbocycles. The van der Waals surface area contributed by atoms with Crippen LogP contribution in [0.4, 0.5) is 5.82 Å². The molecule has 2 aliphatic heterocycles. The van der Waals surface area contributed by atoms with Gasteiger partial charge in [0.25, 0.3) is 0 Å². The van der Waals surface area contributed by atoms with Gasteiger partial charge in [-0.15, -0.1) is 0 Å². The lowest BCUT2D eigenvalue weighted by Gasteiger charge is -2.33. The molecule has 5 heteroatoms. The molecule has 2 saturated heterocycles. The van der Waals surface area contributed by atoms with Crippen molar-refractivity contribution in [3.8, 4) is 0 Å². The van der Waals surface area contributed by atoms with Crippen LogP contribution in [0.25, 0.3) is 10.9 Å². The predicted molar refractivity (Wildman–Crippen MR) is 78.8 cm³/mol. The number of fused-ring (bicyclic) bond motifs is 3. The van der Waals surface area contributed by atoms with Crippen LogP contribution in [0.15, 0.2) is 30.3 Å². The van der Waals surface area contributed by atoms with Crippen LogP contribution in [0, 0.1) is 0 Å². The van der Waals surface area contributed by atoms with Crippen LogP contribution in [0.5, 0.6) is 0 Å². The minimum Gasteiger partial charge on any atom is -0.478 e. The molecule has 2 aromatic rings. The molecule has 108 valence electrons. The molecule has 0 spiro atoms. The van der Waals surface area contributed by atoms with Gasteiger partial charge in [0.1, 0.15) is 11.4 Å². The lowest BCUT2D eigenvalue weighted by Crippen LogP contribution is -2.43. The monoisotopic (exact) mass is 284 g/mol. The number of nitrogens with zero attached hydrogens (tertiary/aromatic N) is 2. The molecule has 2 bridgehead atoms. The Morgan fingerprint density at radius 2 is 1.95 bits per heavy atom. The maximum Gasteiger partial charge on any atom is 0.339 e. The van der Waals surface area contributed by atoms with Gasteiger partial charge in [0, 0.05) is 18.5 Å². The third kappa shape index (κ3) is 2.14. The fourth-order valence-corrected chi connectivity index (χ4v) is 3.29. The Labute approximate surface area is 122 Å².